The first-order valence-corrected chi connectivity index (χ1v) is 11.3. The van der Waals surface area contributed by atoms with Crippen LogP contribution >= 0.6 is 0 Å². The number of aromatic nitrogens is 4. The van der Waals surface area contributed by atoms with Crippen molar-refractivity contribution in [2.24, 2.45) is 12.8 Å². The molecular weight excluding hydrogens is 450 g/mol. The quantitative estimate of drug-likeness (QED) is 0.399. The van der Waals surface area contributed by atoms with E-state index in [1.807, 2.05) is 17.0 Å². The van der Waals surface area contributed by atoms with E-state index in [0.29, 0.717) is 24.6 Å². The summed E-state index contributed by atoms with van der Waals surface area (Å²) in [5.41, 5.74) is 6.82. The fourth-order valence-corrected chi connectivity index (χ4v) is 4.36. The van der Waals surface area contributed by atoms with Crippen molar-refractivity contribution in [2.45, 2.75) is 32.0 Å². The third kappa shape index (κ3) is 4.61. The number of nitriles is 1. The molecule has 0 amide bonds. The minimum atomic E-state index is -0.585. The Bertz CT molecular complexity index is 1460. The Hall–Kier alpha value is -4.17. The number of aryl methyl sites for hydroxylation is 1. The van der Waals surface area contributed by atoms with Gasteiger partial charge in [-0.2, -0.15) is 10.2 Å². The fourth-order valence-electron chi connectivity index (χ4n) is 4.36. The zero-order valence-corrected chi connectivity index (χ0v) is 19.7. The van der Waals surface area contributed by atoms with Crippen LogP contribution in [0.15, 0.2) is 46.0 Å². The van der Waals surface area contributed by atoms with Gasteiger partial charge in [0.05, 0.1) is 25.3 Å². The Morgan fingerprint density at radius 2 is 2.09 bits per heavy atom. The normalized spacial score (nSPS) is 16.1. The van der Waals surface area contributed by atoms with Crippen molar-refractivity contribution >= 4 is 23.1 Å². The minimum absolute atomic E-state index is 0.0349. The molecule has 0 aliphatic carbocycles. The second-order valence-electron chi connectivity index (χ2n) is 8.47. The summed E-state index contributed by atoms with van der Waals surface area (Å²) < 4.78 is 8.70. The first kappa shape index (κ1) is 24.0. The van der Waals surface area contributed by atoms with Crippen molar-refractivity contribution < 1.29 is 9.53 Å². The van der Waals surface area contributed by atoms with Crippen LogP contribution in [0.4, 0.5) is 5.95 Å². The number of piperidine rings is 1. The van der Waals surface area contributed by atoms with Crippen LogP contribution in [0.2, 0.25) is 0 Å². The van der Waals surface area contributed by atoms with E-state index < -0.39 is 17.2 Å². The number of nitrogens with two attached hydrogens (primary N) is 1. The molecule has 1 aliphatic heterocycles. The molecule has 0 bridgehead atoms. The molecule has 35 heavy (non-hydrogen) atoms. The summed E-state index contributed by atoms with van der Waals surface area (Å²) in [6, 6.07) is 9.32. The minimum Gasteiger partial charge on any atom is -0.466 e. The van der Waals surface area contributed by atoms with Gasteiger partial charge < -0.3 is 15.4 Å². The summed E-state index contributed by atoms with van der Waals surface area (Å²) in [4.78, 5) is 44.8. The molecule has 3 heterocycles. The van der Waals surface area contributed by atoms with E-state index in [1.54, 1.807) is 23.7 Å². The van der Waals surface area contributed by atoms with Gasteiger partial charge in [0, 0.05) is 38.8 Å². The second-order valence-corrected chi connectivity index (χ2v) is 8.47. The fraction of sp³-hybridized carbons (Fsp3) is 0.375. The van der Waals surface area contributed by atoms with Gasteiger partial charge in [-0.25, -0.2) is 9.59 Å². The van der Waals surface area contributed by atoms with Gasteiger partial charge in [-0.3, -0.25) is 18.5 Å². The molecule has 11 nitrogen and oxygen atoms in total. The lowest BCUT2D eigenvalue weighted by Crippen LogP contribution is -2.44. The molecule has 182 valence electrons. The smallest absolute Gasteiger partial charge is 0.332 e. The van der Waals surface area contributed by atoms with Gasteiger partial charge in [-0.05, 0) is 24.5 Å². The van der Waals surface area contributed by atoms with Gasteiger partial charge in [-0.1, -0.05) is 24.3 Å². The third-order valence-electron chi connectivity index (χ3n) is 6.16. The summed E-state index contributed by atoms with van der Waals surface area (Å²) in [7, 11) is 2.80. The number of imidazole rings is 1. The molecule has 1 unspecified atom stereocenters. The van der Waals surface area contributed by atoms with Gasteiger partial charge in [-0.15, -0.1) is 0 Å². The number of methoxy groups -OCH3 is 1. The number of ether oxygens (including phenoxy) is 1. The highest BCUT2D eigenvalue weighted by Gasteiger charge is 2.26. The summed E-state index contributed by atoms with van der Waals surface area (Å²) in [5.74, 6) is -0.0596. The number of carbonyl (C=O) groups excluding carboxylic acids is 1. The zero-order chi connectivity index (χ0) is 25.1. The van der Waals surface area contributed by atoms with Gasteiger partial charge in [0.25, 0.3) is 5.56 Å². The van der Waals surface area contributed by atoms with Gasteiger partial charge in [0.15, 0.2) is 11.2 Å². The number of carbonyl (C=O) groups is 1. The maximum Gasteiger partial charge on any atom is 0.332 e. The van der Waals surface area contributed by atoms with Crippen LogP contribution in [-0.4, -0.2) is 50.9 Å². The number of hydrogen-bond donors (Lipinski definition) is 1. The lowest BCUT2D eigenvalue weighted by atomic mass is 10.1. The lowest BCUT2D eigenvalue weighted by molar-refractivity contribution is -0.134. The molecule has 1 saturated heterocycles. The number of benzene rings is 1. The molecule has 0 radical (unpaired) electrons. The highest BCUT2D eigenvalue weighted by atomic mass is 16.5. The number of hydrogen-bond acceptors (Lipinski definition) is 8. The molecular formula is C24H27N7O4. The number of fused-ring (bicyclic) bond motifs is 1. The standard InChI is InChI=1S/C24H27N7O4/c1-28-21-20(22(33)30(24(28)34)12-6-10-19(32)35-2)31(14-17-8-4-3-7-16(17)13-25)23(27-21)29-11-5-9-18(26)15-29/h3-4,6-8,10,18H,5,9,11-12,14-15,26H2,1-2H3/b10-6+. The number of anilines is 1. The zero-order valence-electron chi connectivity index (χ0n) is 19.7. The highest BCUT2D eigenvalue weighted by Crippen LogP contribution is 2.25. The van der Waals surface area contributed by atoms with Crippen molar-refractivity contribution in [1.29, 1.82) is 5.26 Å². The van der Waals surface area contributed by atoms with Crippen molar-refractivity contribution in [3.8, 4) is 6.07 Å². The van der Waals surface area contributed by atoms with Crippen LogP contribution in [-0.2, 0) is 29.7 Å². The van der Waals surface area contributed by atoms with Crippen LogP contribution in [0.5, 0.6) is 0 Å². The first-order chi connectivity index (χ1) is 16.8. The molecule has 2 aromatic heterocycles. The van der Waals surface area contributed by atoms with Crippen molar-refractivity contribution in [2.75, 3.05) is 25.1 Å². The molecule has 11 heteroatoms. The molecule has 2 N–H and O–H groups in total. The van der Waals surface area contributed by atoms with Gasteiger partial charge >= 0.3 is 11.7 Å². The Morgan fingerprint density at radius 3 is 2.80 bits per heavy atom. The van der Waals surface area contributed by atoms with Gasteiger partial charge in [0.2, 0.25) is 5.95 Å². The Kier molecular flexibility index (Phi) is 6.84. The lowest BCUT2D eigenvalue weighted by Gasteiger charge is -2.32. The Morgan fingerprint density at radius 1 is 1.31 bits per heavy atom. The van der Waals surface area contributed by atoms with E-state index in [0.717, 1.165) is 29.0 Å². The van der Waals surface area contributed by atoms with Crippen LogP contribution in [0.3, 0.4) is 0 Å². The van der Waals surface area contributed by atoms with Crippen LogP contribution in [0, 0.1) is 11.3 Å². The summed E-state index contributed by atoms with van der Waals surface area (Å²) in [6.45, 7) is 1.38. The van der Waals surface area contributed by atoms with E-state index >= 15 is 0 Å². The average Bonchev–Trinajstić information content (AvgIpc) is 3.24. The van der Waals surface area contributed by atoms with E-state index in [4.69, 9.17) is 10.7 Å². The molecule has 0 spiro atoms. The first-order valence-electron chi connectivity index (χ1n) is 11.3. The van der Waals surface area contributed by atoms with Crippen LogP contribution in [0.1, 0.15) is 24.0 Å². The van der Waals surface area contributed by atoms with E-state index in [9.17, 15) is 19.6 Å². The number of esters is 1. The molecule has 1 atom stereocenters. The Balaban J connectivity index is 1.93. The summed E-state index contributed by atoms with van der Waals surface area (Å²) in [5, 5.41) is 9.60. The molecule has 4 rings (SSSR count). The van der Waals surface area contributed by atoms with E-state index in [2.05, 4.69) is 10.8 Å². The maximum absolute atomic E-state index is 13.6. The average molecular weight is 478 g/mol. The molecule has 3 aromatic rings. The summed E-state index contributed by atoms with van der Waals surface area (Å²) >= 11 is 0. The molecule has 1 fully saturated rings. The van der Waals surface area contributed by atoms with Crippen molar-refractivity contribution in [3.63, 3.8) is 0 Å². The Labute approximate surface area is 201 Å². The SMILES string of the molecule is COC(=O)/C=C/Cn1c(=O)c2c(nc(N3CCCC(N)C3)n2Cc2ccccc2C#N)n(C)c1=O. The number of rotatable bonds is 6. The largest absolute Gasteiger partial charge is 0.466 e. The van der Waals surface area contributed by atoms with Crippen molar-refractivity contribution in [3.05, 3.63) is 68.4 Å². The number of nitrogens with zero attached hydrogens (tertiary/aromatic N) is 6. The molecule has 0 saturated carbocycles. The van der Waals surface area contributed by atoms with Gasteiger partial charge in [0.1, 0.15) is 0 Å². The van der Waals surface area contributed by atoms with Crippen molar-refractivity contribution in [1.82, 2.24) is 18.7 Å². The molecule has 1 aliphatic rings. The van der Waals surface area contributed by atoms with Crippen LogP contribution in [0.25, 0.3) is 11.2 Å². The predicted octanol–water partition coefficient (Wildman–Crippen LogP) is 0.473. The number of allylic oxidation sites excluding steroid dienone is 1. The second kappa shape index (κ2) is 9.99. The van der Waals surface area contributed by atoms with E-state index in [1.165, 1.54) is 17.8 Å². The monoisotopic (exact) mass is 477 g/mol. The van der Waals surface area contributed by atoms with Crippen LogP contribution < -0.4 is 21.9 Å². The highest BCUT2D eigenvalue weighted by molar-refractivity contribution is 5.81. The maximum atomic E-state index is 13.6. The topological polar surface area (TPSA) is 141 Å². The predicted molar refractivity (Wildman–Crippen MR) is 130 cm³/mol. The van der Waals surface area contributed by atoms with E-state index in [-0.39, 0.29) is 30.3 Å². The third-order valence-corrected chi connectivity index (χ3v) is 6.16. The summed E-state index contributed by atoms with van der Waals surface area (Å²) in [6.07, 6.45) is 4.33. The molecule has 1 aromatic carbocycles.